The van der Waals surface area contributed by atoms with Crippen molar-refractivity contribution in [1.29, 1.82) is 0 Å². The van der Waals surface area contributed by atoms with E-state index in [0.717, 1.165) is 0 Å². The van der Waals surface area contributed by atoms with Gasteiger partial charge in [-0.2, -0.15) is 0 Å². The number of hydrogen-bond donors (Lipinski definition) is 0. The van der Waals surface area contributed by atoms with Gasteiger partial charge in [0.2, 0.25) is 0 Å². The molecule has 0 bridgehead atoms. The molecule has 0 spiro atoms. The molecule has 0 rings (SSSR count). The second-order valence-electron chi connectivity index (χ2n) is 0. The van der Waals surface area contributed by atoms with Crippen LogP contribution in [0.3, 0.4) is 0 Å². The average molecular weight is 215 g/mol. The van der Waals surface area contributed by atoms with Crippen LogP contribution >= 0.6 is 23.7 Å². The van der Waals surface area contributed by atoms with Gasteiger partial charge in [0.1, 0.15) is 0 Å². The zero-order valence-electron chi connectivity index (χ0n) is 4.28. The van der Waals surface area contributed by atoms with Crippen LogP contribution in [-0.2, 0) is 0 Å². The summed E-state index contributed by atoms with van der Waals surface area (Å²) in [5, 5.41) is 0. The first-order valence-corrected chi connectivity index (χ1v) is 0.926. The fraction of sp³-hybridized carbons (Fsp3) is 0. The van der Waals surface area contributed by atoms with Gasteiger partial charge in [-0.3, -0.25) is 0 Å². The molecule has 0 aliphatic heterocycles. The maximum atomic E-state index is 7.72. The van der Waals surface area contributed by atoms with Crippen LogP contribution in [0.25, 0.3) is 0 Å². The molecule has 0 saturated carbocycles. The number of rotatable bonds is 0. The van der Waals surface area contributed by atoms with Crippen LogP contribution in [0.5, 0.6) is 0 Å². The van der Waals surface area contributed by atoms with Gasteiger partial charge in [-0.1, -0.05) is 0 Å². The largest absolute Gasteiger partial charge is 2.00 e. The van der Waals surface area contributed by atoms with Crippen LogP contribution in [0, 0.1) is 0 Å². The Morgan fingerprint density at radius 1 is 0.556 bits per heavy atom. The van der Waals surface area contributed by atoms with E-state index in [-0.39, 0.29) is 59.6 Å². The van der Waals surface area contributed by atoms with Gasteiger partial charge in [0, 0.05) is 0 Å². The molecule has 9 heteroatoms. The fourth-order valence-electron chi connectivity index (χ4n) is 0. The van der Waals surface area contributed by atoms with Crippen LogP contribution in [0.1, 0.15) is 0 Å². The molecule has 9 heavy (non-hydrogen) atoms. The monoisotopic (exact) mass is 214 g/mol. The number of hydrogen-bond acceptors (Lipinski definition) is 2. The van der Waals surface area contributed by atoms with Crippen molar-refractivity contribution in [1.82, 2.24) is 0 Å². The van der Waals surface area contributed by atoms with E-state index in [1.165, 1.54) is 0 Å². The first kappa shape index (κ1) is 75.4. The van der Waals surface area contributed by atoms with Gasteiger partial charge in [-0.15, -0.1) is 0 Å². The molecule has 8 N–H and O–H groups in total. The summed E-state index contributed by atoms with van der Waals surface area (Å²) in [4.78, 5) is 0. The average Bonchev–Trinajstić information content (AvgIpc) is 1.50. The number of halogens is 2. The molecule has 0 fully saturated rings. The molecule has 0 aliphatic carbocycles. The SMILES string of the molecule is O.O.O.O.[Ca+2].[O-]Cl.[O-]Cl. The van der Waals surface area contributed by atoms with E-state index in [1.807, 2.05) is 0 Å². The predicted octanol–water partition coefficient (Wildman–Crippen LogP) is -4.68. The van der Waals surface area contributed by atoms with Gasteiger partial charge in [0.15, 0.2) is 0 Å². The van der Waals surface area contributed by atoms with Crippen molar-refractivity contribution in [3.63, 3.8) is 0 Å². The van der Waals surface area contributed by atoms with Crippen LogP contribution in [-0.4, -0.2) is 59.6 Å². The third-order valence-electron chi connectivity index (χ3n) is 0. The summed E-state index contributed by atoms with van der Waals surface area (Å²) in [6, 6.07) is 0. The van der Waals surface area contributed by atoms with Gasteiger partial charge < -0.3 is 31.2 Å². The first-order chi connectivity index (χ1) is 2.00. The maximum absolute atomic E-state index is 7.72. The molecule has 0 saturated heterocycles. The van der Waals surface area contributed by atoms with Crippen molar-refractivity contribution >= 4 is 61.5 Å². The summed E-state index contributed by atoms with van der Waals surface area (Å²) < 4.78 is 15.4. The van der Waals surface area contributed by atoms with Gasteiger partial charge in [-0.25, -0.2) is 23.7 Å². The Balaban J connectivity index is -0.00000000114. The molecule has 0 unspecified atom stereocenters. The standard InChI is InChI=1S/Ca.2ClO.4H2O/c;2*1-2;;;;/h;;;4*1H2/q+2;2*-1;;;;. The molecular weight excluding hydrogens is 207 g/mol. The van der Waals surface area contributed by atoms with Crippen LogP contribution in [0.4, 0.5) is 0 Å². The third kappa shape index (κ3) is 217. The second kappa shape index (κ2) is 277. The summed E-state index contributed by atoms with van der Waals surface area (Å²) in [6.07, 6.45) is 0. The Morgan fingerprint density at radius 3 is 0.556 bits per heavy atom. The molecule has 0 radical (unpaired) electrons. The van der Waals surface area contributed by atoms with Crippen molar-refractivity contribution < 1.29 is 31.2 Å². The Bertz CT molecular complexity index is 11.0. The van der Waals surface area contributed by atoms with E-state index in [4.69, 9.17) is 9.32 Å². The Morgan fingerprint density at radius 2 is 0.556 bits per heavy atom. The van der Waals surface area contributed by atoms with E-state index in [2.05, 4.69) is 23.7 Å². The van der Waals surface area contributed by atoms with Crippen molar-refractivity contribution in [2.24, 2.45) is 0 Å². The predicted molar refractivity (Wildman–Crippen MR) is 31.9 cm³/mol. The summed E-state index contributed by atoms with van der Waals surface area (Å²) in [7, 11) is 0. The van der Waals surface area contributed by atoms with Gasteiger partial charge in [0.25, 0.3) is 0 Å². The van der Waals surface area contributed by atoms with E-state index >= 15 is 0 Å². The minimum atomic E-state index is 0. The van der Waals surface area contributed by atoms with E-state index in [1.54, 1.807) is 0 Å². The molecule has 0 aromatic rings. The second-order valence-corrected chi connectivity index (χ2v) is 0. The Hall–Kier alpha value is 1.60. The molecule has 0 heterocycles. The zero-order chi connectivity index (χ0) is 4.00. The minimum Gasteiger partial charge on any atom is -0.769 e. The van der Waals surface area contributed by atoms with Crippen LogP contribution < -0.4 is 9.32 Å². The Labute approximate surface area is 92.0 Å². The van der Waals surface area contributed by atoms with E-state index in [9.17, 15) is 0 Å². The van der Waals surface area contributed by atoms with E-state index in [0.29, 0.717) is 0 Å². The smallest absolute Gasteiger partial charge is 0.769 e. The molecular formula is H8CaCl2O6. The van der Waals surface area contributed by atoms with E-state index < -0.39 is 0 Å². The van der Waals surface area contributed by atoms with Crippen molar-refractivity contribution in [2.45, 2.75) is 0 Å². The van der Waals surface area contributed by atoms with Crippen molar-refractivity contribution in [3.8, 4) is 0 Å². The summed E-state index contributed by atoms with van der Waals surface area (Å²) in [5.41, 5.74) is 0. The molecule has 0 aromatic carbocycles. The fourth-order valence-corrected chi connectivity index (χ4v) is 0. The molecule has 0 amide bonds. The van der Waals surface area contributed by atoms with Gasteiger partial charge in [-0.05, 0) is 0 Å². The molecule has 6 nitrogen and oxygen atoms in total. The third-order valence-corrected chi connectivity index (χ3v) is 0. The molecule has 0 aromatic heterocycles. The molecule has 0 atom stereocenters. The van der Waals surface area contributed by atoms with Gasteiger partial charge >= 0.3 is 37.7 Å². The summed E-state index contributed by atoms with van der Waals surface area (Å²) >= 11 is 6.78. The van der Waals surface area contributed by atoms with Gasteiger partial charge in [0.05, 0.1) is 0 Å². The first-order valence-electron chi connectivity index (χ1n) is 0.309. The summed E-state index contributed by atoms with van der Waals surface area (Å²) in [6.45, 7) is 0. The van der Waals surface area contributed by atoms with Crippen LogP contribution in [0.2, 0.25) is 0 Å². The van der Waals surface area contributed by atoms with Crippen LogP contribution in [0.15, 0.2) is 0 Å². The summed E-state index contributed by atoms with van der Waals surface area (Å²) in [5.74, 6) is 0. The topological polar surface area (TPSA) is 172 Å². The minimum absolute atomic E-state index is 0. The normalized spacial score (nSPS) is 1.33. The molecule has 0 aliphatic rings. The zero-order valence-corrected chi connectivity index (χ0v) is 8.00. The van der Waals surface area contributed by atoms with Crippen molar-refractivity contribution in [3.05, 3.63) is 0 Å². The Kier molecular flexibility index (Phi) is 2320. The molecule has 60 valence electrons. The van der Waals surface area contributed by atoms with Crippen molar-refractivity contribution in [2.75, 3.05) is 0 Å². The maximum Gasteiger partial charge on any atom is 2.00 e. The quantitative estimate of drug-likeness (QED) is 0.369.